The molecule has 0 aromatic heterocycles. The Morgan fingerprint density at radius 2 is 1.67 bits per heavy atom. The summed E-state index contributed by atoms with van der Waals surface area (Å²) < 4.78 is 0. The van der Waals surface area contributed by atoms with Crippen LogP contribution in [-0.4, -0.2) is 23.5 Å². The lowest BCUT2D eigenvalue weighted by Gasteiger charge is -2.37. The van der Waals surface area contributed by atoms with Gasteiger partial charge in [-0.3, -0.25) is 9.59 Å². The van der Waals surface area contributed by atoms with Gasteiger partial charge in [-0.25, -0.2) is 0 Å². The molecule has 0 saturated heterocycles. The van der Waals surface area contributed by atoms with Crippen molar-refractivity contribution in [2.24, 2.45) is 11.3 Å². The monoisotopic (exact) mass is 253 g/mol. The molecule has 4 nitrogen and oxygen atoms in total. The minimum absolute atomic E-state index is 0.0735. The Hall–Kier alpha value is -1.06. The van der Waals surface area contributed by atoms with Gasteiger partial charge in [0.1, 0.15) is 0 Å². The lowest BCUT2D eigenvalue weighted by atomic mass is 9.68. The molecule has 2 fully saturated rings. The molecule has 0 aromatic carbocycles. The first kappa shape index (κ1) is 13.4. The van der Waals surface area contributed by atoms with Crippen LogP contribution < -0.4 is 5.32 Å². The standard InChI is InChI=1S/C14H23NO3/c16-12(11-6-3-1-2-4-7-11)15-10-14(13(17)18)8-5-9-14/h11H,1-10H2,(H,15,16)(H,17,18). The molecule has 2 aliphatic rings. The lowest BCUT2D eigenvalue weighted by Crippen LogP contribution is -2.48. The van der Waals surface area contributed by atoms with E-state index in [0.29, 0.717) is 19.4 Å². The molecular weight excluding hydrogens is 230 g/mol. The minimum atomic E-state index is -0.755. The van der Waals surface area contributed by atoms with E-state index < -0.39 is 11.4 Å². The number of carboxylic acid groups (broad SMARTS) is 1. The second-order valence-electron chi connectivity index (χ2n) is 5.85. The van der Waals surface area contributed by atoms with Crippen molar-refractivity contribution < 1.29 is 14.7 Å². The Kier molecular flexibility index (Phi) is 4.25. The number of carbonyl (C=O) groups is 2. The average Bonchev–Trinajstić information content (AvgIpc) is 2.55. The Balaban J connectivity index is 1.81. The van der Waals surface area contributed by atoms with E-state index in [1.807, 2.05) is 0 Å². The quantitative estimate of drug-likeness (QED) is 0.756. The molecule has 2 rings (SSSR count). The van der Waals surface area contributed by atoms with E-state index in [0.717, 1.165) is 32.1 Å². The largest absolute Gasteiger partial charge is 0.481 e. The normalized spacial score (nSPS) is 23.8. The smallest absolute Gasteiger partial charge is 0.311 e. The molecule has 0 heterocycles. The van der Waals surface area contributed by atoms with E-state index in [-0.39, 0.29) is 11.8 Å². The van der Waals surface area contributed by atoms with Crippen LogP contribution in [0.4, 0.5) is 0 Å². The first-order valence-electron chi connectivity index (χ1n) is 7.15. The second-order valence-corrected chi connectivity index (χ2v) is 5.85. The minimum Gasteiger partial charge on any atom is -0.481 e. The van der Waals surface area contributed by atoms with Gasteiger partial charge in [0.05, 0.1) is 5.41 Å². The van der Waals surface area contributed by atoms with Crippen LogP contribution in [0.5, 0.6) is 0 Å². The Morgan fingerprint density at radius 1 is 1.06 bits per heavy atom. The molecule has 0 bridgehead atoms. The van der Waals surface area contributed by atoms with Crippen LogP contribution in [0.2, 0.25) is 0 Å². The Labute approximate surface area is 108 Å². The van der Waals surface area contributed by atoms with Crippen molar-refractivity contribution in [3.05, 3.63) is 0 Å². The molecule has 2 saturated carbocycles. The zero-order valence-electron chi connectivity index (χ0n) is 10.9. The number of hydrogen-bond donors (Lipinski definition) is 2. The molecule has 2 aliphatic carbocycles. The van der Waals surface area contributed by atoms with Gasteiger partial charge in [-0.05, 0) is 25.7 Å². The molecule has 0 unspecified atom stereocenters. The highest BCUT2D eigenvalue weighted by atomic mass is 16.4. The lowest BCUT2D eigenvalue weighted by molar-refractivity contribution is -0.154. The SMILES string of the molecule is O=C(NCC1(C(=O)O)CCC1)C1CCCCCC1. The zero-order chi connectivity index (χ0) is 13.0. The van der Waals surface area contributed by atoms with Crippen molar-refractivity contribution >= 4 is 11.9 Å². The summed E-state index contributed by atoms with van der Waals surface area (Å²) in [5, 5.41) is 12.1. The molecule has 0 aliphatic heterocycles. The predicted octanol–water partition coefficient (Wildman–Crippen LogP) is 2.33. The fourth-order valence-corrected chi connectivity index (χ4v) is 3.01. The summed E-state index contributed by atoms with van der Waals surface area (Å²) >= 11 is 0. The van der Waals surface area contributed by atoms with Crippen molar-refractivity contribution in [1.29, 1.82) is 0 Å². The maximum Gasteiger partial charge on any atom is 0.311 e. The van der Waals surface area contributed by atoms with E-state index in [1.54, 1.807) is 0 Å². The van der Waals surface area contributed by atoms with E-state index in [1.165, 1.54) is 12.8 Å². The van der Waals surface area contributed by atoms with Gasteiger partial charge in [-0.15, -0.1) is 0 Å². The third-order valence-corrected chi connectivity index (χ3v) is 4.59. The molecule has 1 amide bonds. The van der Waals surface area contributed by atoms with Gasteiger partial charge >= 0.3 is 5.97 Å². The van der Waals surface area contributed by atoms with Gasteiger partial charge in [0.15, 0.2) is 0 Å². The summed E-state index contributed by atoms with van der Waals surface area (Å²) in [6, 6.07) is 0. The van der Waals surface area contributed by atoms with Crippen LogP contribution in [0.1, 0.15) is 57.8 Å². The van der Waals surface area contributed by atoms with Crippen molar-refractivity contribution in [3.8, 4) is 0 Å². The second kappa shape index (κ2) is 5.72. The maximum absolute atomic E-state index is 12.1. The third-order valence-electron chi connectivity index (χ3n) is 4.59. The van der Waals surface area contributed by atoms with Crippen LogP contribution in [0.15, 0.2) is 0 Å². The highest BCUT2D eigenvalue weighted by molar-refractivity contribution is 5.81. The highest BCUT2D eigenvalue weighted by Gasteiger charge is 2.44. The van der Waals surface area contributed by atoms with E-state index in [2.05, 4.69) is 5.32 Å². The summed E-state index contributed by atoms with van der Waals surface area (Å²) in [5.41, 5.74) is -0.666. The molecule has 2 N–H and O–H groups in total. The van der Waals surface area contributed by atoms with Crippen LogP contribution in [0, 0.1) is 11.3 Å². The number of carbonyl (C=O) groups excluding carboxylic acids is 1. The molecule has 0 radical (unpaired) electrons. The number of hydrogen-bond acceptors (Lipinski definition) is 2. The van der Waals surface area contributed by atoms with Crippen LogP contribution in [0.3, 0.4) is 0 Å². The molecule has 4 heteroatoms. The summed E-state index contributed by atoms with van der Waals surface area (Å²) in [4.78, 5) is 23.3. The van der Waals surface area contributed by atoms with E-state index >= 15 is 0 Å². The number of nitrogens with one attached hydrogen (secondary N) is 1. The van der Waals surface area contributed by atoms with Crippen LogP contribution in [0.25, 0.3) is 0 Å². The van der Waals surface area contributed by atoms with Gasteiger partial charge < -0.3 is 10.4 Å². The first-order chi connectivity index (χ1) is 8.64. The fraction of sp³-hybridized carbons (Fsp3) is 0.857. The van der Waals surface area contributed by atoms with Crippen molar-refractivity contribution in [2.45, 2.75) is 57.8 Å². The number of rotatable bonds is 4. The molecule has 0 aromatic rings. The van der Waals surface area contributed by atoms with Crippen molar-refractivity contribution in [3.63, 3.8) is 0 Å². The van der Waals surface area contributed by atoms with Crippen LogP contribution in [-0.2, 0) is 9.59 Å². The summed E-state index contributed by atoms with van der Waals surface area (Å²) in [6.07, 6.45) is 9.00. The van der Waals surface area contributed by atoms with E-state index in [9.17, 15) is 14.7 Å². The van der Waals surface area contributed by atoms with Gasteiger partial charge in [-0.2, -0.15) is 0 Å². The third kappa shape index (κ3) is 2.85. The summed E-state index contributed by atoms with van der Waals surface area (Å²) in [7, 11) is 0. The zero-order valence-corrected chi connectivity index (χ0v) is 10.9. The summed E-state index contributed by atoms with van der Waals surface area (Å²) in [5.74, 6) is -0.572. The molecule has 18 heavy (non-hydrogen) atoms. The molecule has 0 atom stereocenters. The first-order valence-corrected chi connectivity index (χ1v) is 7.15. The van der Waals surface area contributed by atoms with Gasteiger partial charge in [0, 0.05) is 12.5 Å². The number of amides is 1. The Morgan fingerprint density at radius 3 is 2.11 bits per heavy atom. The number of carboxylic acids is 1. The van der Waals surface area contributed by atoms with Gasteiger partial charge in [0.2, 0.25) is 5.91 Å². The highest BCUT2D eigenvalue weighted by Crippen LogP contribution is 2.40. The molecular formula is C14H23NO3. The van der Waals surface area contributed by atoms with Gasteiger partial charge in [-0.1, -0.05) is 32.1 Å². The fourth-order valence-electron chi connectivity index (χ4n) is 3.01. The van der Waals surface area contributed by atoms with Crippen LogP contribution >= 0.6 is 0 Å². The topological polar surface area (TPSA) is 66.4 Å². The Bertz CT molecular complexity index is 315. The summed E-state index contributed by atoms with van der Waals surface area (Å²) in [6.45, 7) is 0.317. The van der Waals surface area contributed by atoms with E-state index in [4.69, 9.17) is 0 Å². The average molecular weight is 253 g/mol. The number of aliphatic carboxylic acids is 1. The maximum atomic E-state index is 12.1. The molecule has 0 spiro atoms. The van der Waals surface area contributed by atoms with Crippen molar-refractivity contribution in [2.75, 3.05) is 6.54 Å². The molecule has 102 valence electrons. The predicted molar refractivity (Wildman–Crippen MR) is 68.1 cm³/mol. The van der Waals surface area contributed by atoms with Gasteiger partial charge in [0.25, 0.3) is 0 Å². The van der Waals surface area contributed by atoms with Crippen molar-refractivity contribution in [1.82, 2.24) is 5.32 Å².